The van der Waals surface area contributed by atoms with Crippen molar-refractivity contribution in [3.8, 4) is 0 Å². The summed E-state index contributed by atoms with van der Waals surface area (Å²) in [5, 5.41) is 0. The molecule has 0 bridgehead atoms. The molecule has 6 heteroatoms. The van der Waals surface area contributed by atoms with Gasteiger partial charge in [0.25, 0.3) is 0 Å². The zero-order valence-corrected chi connectivity index (χ0v) is 26.6. The number of benzene rings is 1. The van der Waals surface area contributed by atoms with E-state index in [1.807, 2.05) is 30.3 Å². The van der Waals surface area contributed by atoms with Gasteiger partial charge in [-0.2, -0.15) is 49.2 Å². The topological polar surface area (TPSA) is 40.5 Å². The number of hydrogen-bond acceptors (Lipinski definition) is 1. The molecule has 0 spiro atoms. The van der Waals surface area contributed by atoms with Crippen molar-refractivity contribution in [2.75, 3.05) is 0 Å². The molecule has 2 N–H and O–H groups in total. The van der Waals surface area contributed by atoms with Gasteiger partial charge in [-0.3, -0.25) is 0 Å². The van der Waals surface area contributed by atoms with Crippen LogP contribution in [0.3, 0.4) is 0 Å². The van der Waals surface area contributed by atoms with Gasteiger partial charge < -0.3 is 23.6 Å². The van der Waals surface area contributed by atoms with E-state index in [1.165, 1.54) is 89.9 Å². The fourth-order valence-electron chi connectivity index (χ4n) is 2.61. The molecule has 1 aromatic carbocycles. The van der Waals surface area contributed by atoms with Crippen molar-refractivity contribution >= 4 is 29.7 Å². The maximum Gasteiger partial charge on any atom is 0.239 e. The van der Waals surface area contributed by atoms with Crippen LogP contribution >= 0.6 is 17.9 Å². The quantitative estimate of drug-likeness (QED) is 0.0704. The van der Waals surface area contributed by atoms with Gasteiger partial charge in [-0.1, -0.05) is 116 Å². The molecule has 0 heterocycles. The van der Waals surface area contributed by atoms with E-state index in [-0.39, 0.29) is 19.5 Å². The molecule has 0 amide bonds. The molecule has 0 fully saturated rings. The van der Waals surface area contributed by atoms with Crippen molar-refractivity contribution in [2.45, 2.75) is 117 Å². The van der Waals surface area contributed by atoms with Crippen molar-refractivity contribution in [1.29, 1.82) is 0 Å². The molecule has 0 atom stereocenters. The summed E-state index contributed by atoms with van der Waals surface area (Å²) in [6.07, 6.45) is 21.8. The second kappa shape index (κ2) is 36.3. The van der Waals surface area contributed by atoms with E-state index in [4.69, 9.17) is 9.79 Å². The van der Waals surface area contributed by atoms with Crippen LogP contribution in [-0.2, 0) is 31.3 Å². The molecule has 0 aliphatic heterocycles. The van der Waals surface area contributed by atoms with E-state index in [0.29, 0.717) is 0 Å². The Morgan fingerprint density at radius 2 is 0.969 bits per heavy atom. The molecule has 0 aliphatic rings. The van der Waals surface area contributed by atoms with E-state index in [0.717, 1.165) is 12.8 Å². The largest absolute Gasteiger partial charge is 0.343 e. The maximum absolute atomic E-state index is 7.87. The Balaban J connectivity index is -0.000000168. The van der Waals surface area contributed by atoms with Crippen molar-refractivity contribution in [1.82, 2.24) is 0 Å². The van der Waals surface area contributed by atoms with Crippen LogP contribution in [0.1, 0.15) is 117 Å². The van der Waals surface area contributed by atoms with Gasteiger partial charge in [-0.25, -0.2) is 0 Å². The summed E-state index contributed by atoms with van der Waals surface area (Å²) in [6.45, 7) is 12.2. The van der Waals surface area contributed by atoms with Crippen molar-refractivity contribution in [3.63, 3.8) is 0 Å². The molecule has 1 rings (SSSR count). The van der Waals surface area contributed by atoms with Crippen molar-refractivity contribution < 1.29 is 29.3 Å². The average Bonchev–Trinajstić information content (AvgIpc) is 2.74. The van der Waals surface area contributed by atoms with E-state index in [9.17, 15) is 0 Å². The first-order chi connectivity index (χ1) is 14.8. The molecule has 1 aromatic rings. The average molecular weight is 555 g/mol. The third-order valence-electron chi connectivity index (χ3n) is 4.31. The Morgan fingerprint density at radius 1 is 0.688 bits per heavy atom. The first-order valence-electron chi connectivity index (χ1n) is 12.1. The molecular formula is C26H50O2PS2Zn-3. The minimum atomic E-state index is -3.11. The zero-order valence-electron chi connectivity index (χ0n) is 21.0. The second-order valence-electron chi connectivity index (χ2n) is 7.54. The van der Waals surface area contributed by atoms with Gasteiger partial charge in [0.05, 0.1) is 0 Å². The van der Waals surface area contributed by atoms with Gasteiger partial charge in [0.1, 0.15) is 0 Å². The van der Waals surface area contributed by atoms with Gasteiger partial charge >= 0.3 is 0 Å². The van der Waals surface area contributed by atoms with Gasteiger partial charge in [-0.15, -0.1) is 0 Å². The summed E-state index contributed by atoms with van der Waals surface area (Å²) in [5.41, 5.74) is -3.11. The van der Waals surface area contributed by atoms with Crippen LogP contribution in [0, 0.1) is 19.9 Å². The standard InChI is InChI=1S/2C10H21.C6H5.H3O2PS2.Zn/c2*1-3-5-7-9-10-8-6-4-2;1-2-4-6-5-3-1;1-3(2,4)5;/h2*1,3-10H2,2H3;1-5H;(H3,1,2,4,5);/q3*-1;;. The fraction of sp³-hybridized carbons (Fsp3) is 0.692. The predicted molar refractivity (Wildman–Crippen MR) is 149 cm³/mol. The number of thiol groups is 1. The SMILES string of the molecule is OP(O)(=S)S.[CH2-]CCCCCCCCC.[CH2-]CCCCCCCCC.[Zn].[c-]1ccccc1. The molecule has 0 saturated carbocycles. The van der Waals surface area contributed by atoms with E-state index in [2.05, 4.69) is 57.8 Å². The van der Waals surface area contributed by atoms with Crippen LogP contribution in [0.2, 0.25) is 0 Å². The van der Waals surface area contributed by atoms with Crippen LogP contribution in [0.25, 0.3) is 0 Å². The Hall–Kier alpha value is 0.763. The molecular weight excluding hydrogens is 505 g/mol. The van der Waals surface area contributed by atoms with Gasteiger partial charge in [0.2, 0.25) is 5.69 Å². The van der Waals surface area contributed by atoms with Crippen LogP contribution in [0.4, 0.5) is 0 Å². The minimum Gasteiger partial charge on any atom is -0.343 e. The third kappa shape index (κ3) is 63.2. The Labute approximate surface area is 224 Å². The van der Waals surface area contributed by atoms with Crippen LogP contribution in [0.5, 0.6) is 0 Å². The first kappa shape index (κ1) is 40.0. The van der Waals surface area contributed by atoms with Crippen molar-refractivity contribution in [2.24, 2.45) is 0 Å². The van der Waals surface area contributed by atoms with E-state index >= 15 is 0 Å². The Morgan fingerprint density at radius 3 is 1.16 bits per heavy atom. The van der Waals surface area contributed by atoms with Gasteiger partial charge in [-0.05, 0) is 11.8 Å². The summed E-state index contributed by atoms with van der Waals surface area (Å²) in [6, 6.07) is 12.5. The Bertz CT molecular complexity index is 378. The normalized spacial score (nSPS) is 9.72. The predicted octanol–water partition coefficient (Wildman–Crippen LogP) is 9.53. The summed E-state index contributed by atoms with van der Waals surface area (Å²) in [4.78, 5) is 15.7. The van der Waals surface area contributed by atoms with Crippen LogP contribution in [-0.4, -0.2) is 9.79 Å². The summed E-state index contributed by atoms with van der Waals surface area (Å²) >= 11 is 7.07. The fourth-order valence-corrected chi connectivity index (χ4v) is 2.61. The molecule has 0 saturated heterocycles. The maximum atomic E-state index is 7.87. The van der Waals surface area contributed by atoms with E-state index in [1.54, 1.807) is 0 Å². The number of hydrogen-bond donors (Lipinski definition) is 3. The summed E-state index contributed by atoms with van der Waals surface area (Å²) in [7, 11) is 0. The minimum absolute atomic E-state index is 0. The zero-order chi connectivity index (χ0) is 24.1. The van der Waals surface area contributed by atoms with Crippen LogP contribution < -0.4 is 0 Å². The van der Waals surface area contributed by atoms with Gasteiger partial charge in [0, 0.05) is 19.5 Å². The van der Waals surface area contributed by atoms with Gasteiger partial charge in [0.15, 0.2) is 0 Å². The number of unbranched alkanes of at least 4 members (excludes halogenated alkanes) is 14. The van der Waals surface area contributed by atoms with Crippen LogP contribution in [0.15, 0.2) is 30.3 Å². The summed E-state index contributed by atoms with van der Waals surface area (Å²) in [5.74, 6) is 0. The molecule has 188 valence electrons. The number of rotatable bonds is 14. The first-order valence-corrected chi connectivity index (χ1v) is 16.0. The monoisotopic (exact) mass is 553 g/mol. The third-order valence-corrected chi connectivity index (χ3v) is 4.31. The molecule has 0 aromatic heterocycles. The Kier molecular flexibility index (Phi) is 45.4. The smallest absolute Gasteiger partial charge is 0.239 e. The molecule has 0 aliphatic carbocycles. The van der Waals surface area contributed by atoms with E-state index < -0.39 is 5.69 Å². The molecule has 0 radical (unpaired) electrons. The second-order valence-corrected chi connectivity index (χ2v) is 12.6. The molecule has 32 heavy (non-hydrogen) atoms. The molecule has 2 nitrogen and oxygen atoms in total. The van der Waals surface area contributed by atoms with Crippen molar-refractivity contribution in [3.05, 3.63) is 50.2 Å². The molecule has 0 unspecified atom stereocenters. The summed E-state index contributed by atoms with van der Waals surface area (Å²) < 4.78 is 0.